The van der Waals surface area contributed by atoms with Gasteiger partial charge in [-0.1, -0.05) is 11.6 Å². The molecule has 6 nitrogen and oxygen atoms in total. The molecule has 3 rings (SSSR count). The largest absolute Gasteiger partial charge is 0.455 e. The van der Waals surface area contributed by atoms with E-state index in [-0.39, 0.29) is 18.4 Å². The number of furan rings is 1. The average molecular weight is 413 g/mol. The summed E-state index contributed by atoms with van der Waals surface area (Å²) in [6.07, 6.45) is 0. The van der Waals surface area contributed by atoms with Gasteiger partial charge < -0.3 is 20.0 Å². The van der Waals surface area contributed by atoms with Gasteiger partial charge in [-0.05, 0) is 60.7 Å². The van der Waals surface area contributed by atoms with Crippen LogP contribution in [-0.4, -0.2) is 32.5 Å². The molecule has 2 amide bonds. The number of carbonyl (C=O) groups excluding carboxylic acids is 2. The Bertz CT molecular complexity index is 981. The standard InChI is InChI=1S/C22H22ClN3O3/c1-24-22(28)16-5-9-18(10-6-16)25-21(27)14-26(2)13-19-11-12-20(29-19)15-3-7-17(23)8-4-15/h3-12H,13-14H2,1-2H3,(H,24,28)(H,25,27)/p+1. The number of likely N-dealkylation sites (N-methyl/N-ethyl adjacent to an activating group) is 1. The molecule has 29 heavy (non-hydrogen) atoms. The first-order valence-electron chi connectivity index (χ1n) is 9.22. The van der Waals surface area contributed by atoms with Crippen LogP contribution in [0.5, 0.6) is 0 Å². The highest BCUT2D eigenvalue weighted by Crippen LogP contribution is 2.23. The summed E-state index contributed by atoms with van der Waals surface area (Å²) in [4.78, 5) is 24.8. The smallest absolute Gasteiger partial charge is 0.279 e. The predicted molar refractivity (Wildman–Crippen MR) is 113 cm³/mol. The van der Waals surface area contributed by atoms with Crippen molar-refractivity contribution in [2.75, 3.05) is 26.0 Å². The lowest BCUT2D eigenvalue weighted by Crippen LogP contribution is -3.08. The van der Waals surface area contributed by atoms with Crippen molar-refractivity contribution in [2.45, 2.75) is 6.54 Å². The van der Waals surface area contributed by atoms with Gasteiger partial charge in [0.15, 0.2) is 12.3 Å². The molecule has 150 valence electrons. The van der Waals surface area contributed by atoms with E-state index in [0.717, 1.165) is 22.0 Å². The van der Waals surface area contributed by atoms with Crippen LogP contribution in [-0.2, 0) is 11.3 Å². The van der Waals surface area contributed by atoms with Crippen LogP contribution in [0.3, 0.4) is 0 Å². The van der Waals surface area contributed by atoms with E-state index in [1.54, 1.807) is 31.3 Å². The zero-order valence-electron chi connectivity index (χ0n) is 16.3. The molecule has 0 saturated carbocycles. The third-order valence-electron chi connectivity index (χ3n) is 4.39. The number of hydrogen-bond donors (Lipinski definition) is 3. The molecule has 1 aromatic heterocycles. The van der Waals surface area contributed by atoms with E-state index in [1.165, 1.54) is 0 Å². The highest BCUT2D eigenvalue weighted by molar-refractivity contribution is 6.30. The van der Waals surface area contributed by atoms with E-state index in [1.807, 2.05) is 43.4 Å². The fourth-order valence-electron chi connectivity index (χ4n) is 2.93. The van der Waals surface area contributed by atoms with E-state index in [4.69, 9.17) is 16.0 Å². The van der Waals surface area contributed by atoms with Crippen molar-refractivity contribution in [3.8, 4) is 11.3 Å². The Balaban J connectivity index is 1.52. The molecule has 1 heterocycles. The summed E-state index contributed by atoms with van der Waals surface area (Å²) >= 11 is 5.92. The number of anilines is 1. The molecule has 1 atom stereocenters. The molecule has 1 unspecified atom stereocenters. The lowest BCUT2D eigenvalue weighted by Gasteiger charge is -2.12. The van der Waals surface area contributed by atoms with Crippen LogP contribution in [0.4, 0.5) is 5.69 Å². The maximum atomic E-state index is 12.3. The molecule has 0 spiro atoms. The summed E-state index contributed by atoms with van der Waals surface area (Å²) in [5, 5.41) is 6.09. The third-order valence-corrected chi connectivity index (χ3v) is 4.64. The van der Waals surface area contributed by atoms with Gasteiger partial charge in [-0.25, -0.2) is 0 Å². The van der Waals surface area contributed by atoms with E-state index >= 15 is 0 Å². The van der Waals surface area contributed by atoms with Gasteiger partial charge in [0.05, 0.1) is 7.05 Å². The first-order valence-corrected chi connectivity index (χ1v) is 9.60. The molecule has 0 fully saturated rings. The summed E-state index contributed by atoms with van der Waals surface area (Å²) in [6.45, 7) is 0.866. The highest BCUT2D eigenvalue weighted by Gasteiger charge is 2.14. The van der Waals surface area contributed by atoms with Crippen LogP contribution < -0.4 is 15.5 Å². The number of nitrogens with one attached hydrogen (secondary N) is 3. The van der Waals surface area contributed by atoms with Gasteiger partial charge in [-0.3, -0.25) is 9.59 Å². The summed E-state index contributed by atoms with van der Waals surface area (Å²) in [5.41, 5.74) is 2.15. The molecular formula is C22H23ClN3O3+. The molecule has 3 aromatic rings. The second-order valence-electron chi connectivity index (χ2n) is 6.79. The first kappa shape index (κ1) is 20.6. The summed E-state index contributed by atoms with van der Waals surface area (Å²) in [7, 11) is 3.51. The number of halogens is 1. The minimum atomic E-state index is -0.163. The minimum Gasteiger partial charge on any atom is -0.455 e. The van der Waals surface area contributed by atoms with Crippen LogP contribution in [0.1, 0.15) is 16.1 Å². The number of benzene rings is 2. The minimum absolute atomic E-state index is 0.111. The van der Waals surface area contributed by atoms with E-state index < -0.39 is 0 Å². The second-order valence-corrected chi connectivity index (χ2v) is 7.22. The van der Waals surface area contributed by atoms with Gasteiger partial charge in [0.25, 0.3) is 11.8 Å². The summed E-state index contributed by atoms with van der Waals surface area (Å²) in [6, 6.07) is 18.1. The molecular weight excluding hydrogens is 390 g/mol. The second kappa shape index (κ2) is 9.41. The SMILES string of the molecule is CNC(=O)c1ccc(NC(=O)C[NH+](C)Cc2ccc(-c3ccc(Cl)cc3)o2)cc1. The van der Waals surface area contributed by atoms with Crippen molar-refractivity contribution in [3.63, 3.8) is 0 Å². The molecule has 0 saturated heterocycles. The number of amides is 2. The van der Waals surface area contributed by atoms with Gasteiger partial charge in [-0.2, -0.15) is 0 Å². The fraction of sp³-hybridized carbons (Fsp3) is 0.182. The van der Waals surface area contributed by atoms with Gasteiger partial charge in [0.1, 0.15) is 12.3 Å². The monoisotopic (exact) mass is 412 g/mol. The normalized spacial score (nSPS) is 11.7. The maximum absolute atomic E-state index is 12.3. The number of hydrogen-bond acceptors (Lipinski definition) is 3. The van der Waals surface area contributed by atoms with Crippen LogP contribution in [0.15, 0.2) is 65.1 Å². The number of quaternary nitrogens is 1. The van der Waals surface area contributed by atoms with Crippen molar-refractivity contribution in [3.05, 3.63) is 77.0 Å². The highest BCUT2D eigenvalue weighted by atomic mass is 35.5. The van der Waals surface area contributed by atoms with Crippen molar-refractivity contribution < 1.29 is 18.9 Å². The van der Waals surface area contributed by atoms with Crippen molar-refractivity contribution in [1.29, 1.82) is 0 Å². The van der Waals surface area contributed by atoms with Crippen molar-refractivity contribution in [1.82, 2.24) is 5.32 Å². The Kier molecular flexibility index (Phi) is 6.69. The Morgan fingerprint density at radius 1 is 1.00 bits per heavy atom. The molecule has 3 N–H and O–H groups in total. The molecule has 0 aliphatic carbocycles. The summed E-state index contributed by atoms with van der Waals surface area (Å²) in [5.74, 6) is 1.29. The number of rotatable bonds is 7. The Morgan fingerprint density at radius 3 is 2.34 bits per heavy atom. The quantitative estimate of drug-likeness (QED) is 0.558. The zero-order chi connectivity index (χ0) is 20.8. The van der Waals surface area contributed by atoms with Crippen LogP contribution >= 0.6 is 11.6 Å². The Labute approximate surface area is 174 Å². The van der Waals surface area contributed by atoms with Gasteiger partial charge in [0.2, 0.25) is 0 Å². The van der Waals surface area contributed by atoms with E-state index in [0.29, 0.717) is 22.8 Å². The predicted octanol–water partition coefficient (Wildman–Crippen LogP) is 2.61. The Morgan fingerprint density at radius 2 is 1.69 bits per heavy atom. The molecule has 0 aliphatic rings. The lowest BCUT2D eigenvalue weighted by atomic mass is 10.2. The van der Waals surface area contributed by atoms with Crippen LogP contribution in [0.2, 0.25) is 5.02 Å². The van der Waals surface area contributed by atoms with Crippen LogP contribution in [0, 0.1) is 0 Å². The maximum Gasteiger partial charge on any atom is 0.279 e. The lowest BCUT2D eigenvalue weighted by molar-refractivity contribution is -0.886. The number of carbonyl (C=O) groups is 2. The average Bonchev–Trinajstić information content (AvgIpc) is 3.16. The zero-order valence-corrected chi connectivity index (χ0v) is 17.0. The molecule has 2 aromatic carbocycles. The topological polar surface area (TPSA) is 75.8 Å². The molecule has 0 aliphatic heterocycles. The van der Waals surface area contributed by atoms with Crippen molar-refractivity contribution in [2.24, 2.45) is 0 Å². The first-order chi connectivity index (χ1) is 13.9. The molecule has 0 radical (unpaired) electrons. The Hall–Kier alpha value is -3.09. The van der Waals surface area contributed by atoms with Crippen LogP contribution in [0.25, 0.3) is 11.3 Å². The molecule has 0 bridgehead atoms. The van der Waals surface area contributed by atoms with Crippen molar-refractivity contribution >= 4 is 29.1 Å². The van der Waals surface area contributed by atoms with Gasteiger partial charge >= 0.3 is 0 Å². The van der Waals surface area contributed by atoms with E-state index in [9.17, 15) is 9.59 Å². The fourth-order valence-corrected chi connectivity index (χ4v) is 3.06. The molecule has 7 heteroatoms. The van der Waals surface area contributed by atoms with E-state index in [2.05, 4.69) is 10.6 Å². The summed E-state index contributed by atoms with van der Waals surface area (Å²) < 4.78 is 5.89. The van der Waals surface area contributed by atoms with Gasteiger partial charge in [-0.15, -0.1) is 0 Å². The van der Waals surface area contributed by atoms with Gasteiger partial charge in [0, 0.05) is 28.9 Å². The third kappa shape index (κ3) is 5.70.